The molecular weight excluding hydrogens is 361 g/mol. The Labute approximate surface area is 154 Å². The Balaban J connectivity index is 1.95. The summed E-state index contributed by atoms with van der Waals surface area (Å²) in [7, 11) is 1.56. The zero-order chi connectivity index (χ0) is 19.9. The van der Waals surface area contributed by atoms with Gasteiger partial charge in [0.25, 0.3) is 5.91 Å². The van der Waals surface area contributed by atoms with Crippen LogP contribution in [0.25, 0.3) is 0 Å². The second kappa shape index (κ2) is 9.07. The molecule has 0 unspecified atom stereocenters. The zero-order valence-corrected chi connectivity index (χ0v) is 14.6. The average Bonchev–Trinajstić information content (AvgIpc) is 2.64. The monoisotopic (exact) mass is 380 g/mol. The summed E-state index contributed by atoms with van der Waals surface area (Å²) in [4.78, 5) is 24.1. The molecule has 0 atom stereocenters. The van der Waals surface area contributed by atoms with Gasteiger partial charge in [0.15, 0.2) is 0 Å². The van der Waals surface area contributed by atoms with E-state index in [0.29, 0.717) is 12.2 Å². The number of hydrogen-bond acceptors (Lipinski definition) is 3. The number of aryl methyl sites for hydroxylation is 1. The van der Waals surface area contributed by atoms with Crippen LogP contribution >= 0.6 is 0 Å². The number of alkyl halides is 3. The molecule has 27 heavy (non-hydrogen) atoms. The normalized spacial score (nSPS) is 11.0. The minimum atomic E-state index is -4.51. The Morgan fingerprint density at radius 1 is 1.04 bits per heavy atom. The number of methoxy groups -OCH3 is 1. The van der Waals surface area contributed by atoms with Crippen molar-refractivity contribution in [2.45, 2.75) is 19.0 Å². The number of nitrogens with one attached hydrogen (secondary N) is 2. The van der Waals surface area contributed by atoms with Crippen molar-refractivity contribution in [3.8, 4) is 5.75 Å². The highest BCUT2D eigenvalue weighted by atomic mass is 19.4. The van der Waals surface area contributed by atoms with Gasteiger partial charge in [-0.05, 0) is 36.2 Å². The fourth-order valence-electron chi connectivity index (χ4n) is 2.33. The zero-order valence-electron chi connectivity index (χ0n) is 14.6. The van der Waals surface area contributed by atoms with Gasteiger partial charge in [-0.3, -0.25) is 9.59 Å². The number of benzene rings is 2. The second-order valence-electron chi connectivity index (χ2n) is 5.74. The first kappa shape index (κ1) is 20.3. The highest BCUT2D eigenvalue weighted by Crippen LogP contribution is 2.18. The lowest BCUT2D eigenvalue weighted by molar-refractivity contribution is -0.123. The van der Waals surface area contributed by atoms with Gasteiger partial charge in [-0.15, -0.1) is 0 Å². The van der Waals surface area contributed by atoms with Crippen molar-refractivity contribution in [3.05, 3.63) is 59.7 Å². The lowest BCUT2D eigenvalue weighted by Crippen LogP contribution is -2.34. The fourth-order valence-corrected chi connectivity index (χ4v) is 2.33. The van der Waals surface area contributed by atoms with E-state index in [1.54, 1.807) is 30.6 Å². The van der Waals surface area contributed by atoms with E-state index in [2.05, 4.69) is 5.32 Å². The van der Waals surface area contributed by atoms with E-state index < -0.39 is 18.6 Å². The van der Waals surface area contributed by atoms with Gasteiger partial charge in [0.05, 0.1) is 18.4 Å². The molecule has 2 amide bonds. The van der Waals surface area contributed by atoms with Gasteiger partial charge in [-0.2, -0.15) is 13.2 Å². The average molecular weight is 380 g/mol. The first-order valence-electron chi connectivity index (χ1n) is 8.15. The van der Waals surface area contributed by atoms with E-state index in [-0.39, 0.29) is 23.6 Å². The summed E-state index contributed by atoms with van der Waals surface area (Å²) in [6.07, 6.45) is -3.88. The summed E-state index contributed by atoms with van der Waals surface area (Å²) in [5.41, 5.74) is 1.07. The first-order chi connectivity index (χ1) is 12.8. The molecule has 0 aliphatic rings. The lowest BCUT2D eigenvalue weighted by atomic mass is 10.1. The molecule has 0 radical (unpaired) electrons. The van der Waals surface area contributed by atoms with Crippen LogP contribution in [0.2, 0.25) is 0 Å². The molecule has 5 nitrogen and oxygen atoms in total. The molecule has 2 aromatic carbocycles. The Morgan fingerprint density at radius 3 is 2.33 bits per heavy atom. The van der Waals surface area contributed by atoms with Gasteiger partial charge in [0.1, 0.15) is 12.3 Å². The van der Waals surface area contributed by atoms with Crippen LogP contribution in [0.1, 0.15) is 22.3 Å². The topological polar surface area (TPSA) is 67.4 Å². The molecule has 0 aliphatic carbocycles. The predicted molar refractivity (Wildman–Crippen MR) is 94.8 cm³/mol. The number of para-hydroxylation sites is 1. The maximum Gasteiger partial charge on any atom is 0.405 e. The minimum Gasteiger partial charge on any atom is -0.497 e. The Morgan fingerprint density at radius 2 is 1.70 bits per heavy atom. The summed E-state index contributed by atoms with van der Waals surface area (Å²) < 4.78 is 41.8. The molecule has 0 aromatic heterocycles. The number of hydrogen-bond donors (Lipinski definition) is 2. The van der Waals surface area contributed by atoms with Crippen molar-refractivity contribution < 1.29 is 27.5 Å². The van der Waals surface area contributed by atoms with E-state index in [1.807, 2.05) is 12.1 Å². The van der Waals surface area contributed by atoms with Gasteiger partial charge < -0.3 is 15.4 Å². The second-order valence-corrected chi connectivity index (χ2v) is 5.74. The van der Waals surface area contributed by atoms with E-state index in [9.17, 15) is 22.8 Å². The number of amides is 2. The summed E-state index contributed by atoms with van der Waals surface area (Å²) in [5.74, 6) is -0.540. The first-order valence-corrected chi connectivity index (χ1v) is 8.15. The quantitative estimate of drug-likeness (QED) is 0.772. The third-order valence-electron chi connectivity index (χ3n) is 3.69. The highest BCUT2D eigenvalue weighted by molar-refractivity contribution is 6.03. The van der Waals surface area contributed by atoms with E-state index in [4.69, 9.17) is 4.74 Å². The molecule has 8 heteroatoms. The smallest absolute Gasteiger partial charge is 0.405 e. The van der Waals surface area contributed by atoms with Gasteiger partial charge >= 0.3 is 6.18 Å². The van der Waals surface area contributed by atoms with Crippen LogP contribution in [-0.4, -0.2) is 31.6 Å². The molecule has 0 saturated carbocycles. The number of carbonyl (C=O) groups excluding carboxylic acids is 2. The molecule has 0 aliphatic heterocycles. The third-order valence-corrected chi connectivity index (χ3v) is 3.69. The largest absolute Gasteiger partial charge is 0.497 e. The Kier molecular flexibility index (Phi) is 6.81. The van der Waals surface area contributed by atoms with Crippen molar-refractivity contribution in [2.24, 2.45) is 0 Å². The van der Waals surface area contributed by atoms with E-state index in [0.717, 1.165) is 5.56 Å². The van der Waals surface area contributed by atoms with E-state index >= 15 is 0 Å². The molecule has 2 N–H and O–H groups in total. The summed E-state index contributed by atoms with van der Waals surface area (Å²) in [6, 6.07) is 13.2. The van der Waals surface area contributed by atoms with Crippen molar-refractivity contribution in [2.75, 3.05) is 19.0 Å². The lowest BCUT2D eigenvalue weighted by Gasteiger charge is -2.12. The van der Waals surface area contributed by atoms with Crippen LogP contribution in [0.3, 0.4) is 0 Å². The number of carbonyl (C=O) groups is 2. The Hall–Kier alpha value is -3.03. The van der Waals surface area contributed by atoms with Gasteiger partial charge in [-0.1, -0.05) is 24.3 Å². The molecule has 0 heterocycles. The fraction of sp³-hybridized carbons (Fsp3) is 0.263. The highest BCUT2D eigenvalue weighted by Gasteiger charge is 2.28. The van der Waals surface area contributed by atoms with Crippen molar-refractivity contribution in [1.29, 1.82) is 0 Å². The minimum absolute atomic E-state index is 0.0282. The predicted octanol–water partition coefficient (Wildman–Crippen LogP) is 3.56. The van der Waals surface area contributed by atoms with Crippen LogP contribution in [0.4, 0.5) is 18.9 Å². The summed E-state index contributed by atoms with van der Waals surface area (Å²) in [5, 5.41) is 4.37. The number of anilines is 1. The number of halogens is 3. The van der Waals surface area contributed by atoms with Gasteiger partial charge in [-0.25, -0.2) is 0 Å². The molecule has 2 aromatic rings. The number of rotatable bonds is 7. The van der Waals surface area contributed by atoms with Crippen LogP contribution < -0.4 is 15.4 Å². The summed E-state index contributed by atoms with van der Waals surface area (Å²) in [6.45, 7) is -1.44. The summed E-state index contributed by atoms with van der Waals surface area (Å²) >= 11 is 0. The van der Waals surface area contributed by atoms with Gasteiger partial charge in [0, 0.05) is 6.42 Å². The standard InChI is InChI=1S/C19H19F3N2O3/c1-27-14-9-6-13(7-10-14)8-11-17(25)24-16-5-3-2-4-15(16)18(26)23-12-19(20,21)22/h2-7,9-10H,8,11-12H2,1H3,(H,23,26)(H,24,25). The molecule has 144 valence electrons. The van der Waals surface area contributed by atoms with Crippen molar-refractivity contribution in [3.63, 3.8) is 0 Å². The SMILES string of the molecule is COc1ccc(CCC(=O)Nc2ccccc2C(=O)NCC(F)(F)F)cc1. The van der Waals surface area contributed by atoms with E-state index in [1.165, 1.54) is 18.2 Å². The van der Waals surface area contributed by atoms with Crippen molar-refractivity contribution >= 4 is 17.5 Å². The van der Waals surface area contributed by atoms with Crippen LogP contribution in [0.5, 0.6) is 5.75 Å². The van der Waals surface area contributed by atoms with Crippen LogP contribution in [0.15, 0.2) is 48.5 Å². The molecule has 0 bridgehead atoms. The maximum atomic E-state index is 12.3. The third kappa shape index (κ3) is 6.65. The molecular formula is C19H19F3N2O3. The maximum absolute atomic E-state index is 12.3. The molecule has 2 rings (SSSR count). The molecule has 0 fully saturated rings. The molecule has 0 saturated heterocycles. The van der Waals surface area contributed by atoms with Crippen molar-refractivity contribution in [1.82, 2.24) is 5.32 Å². The molecule has 0 spiro atoms. The Bertz CT molecular complexity index is 790. The van der Waals surface area contributed by atoms with Gasteiger partial charge in [0.2, 0.25) is 5.91 Å². The number of ether oxygens (including phenoxy) is 1. The van der Waals surface area contributed by atoms with Crippen LogP contribution in [0, 0.1) is 0 Å². The van der Waals surface area contributed by atoms with Crippen LogP contribution in [-0.2, 0) is 11.2 Å².